The smallest absolute Gasteiger partial charge is 0.285 e. The van der Waals surface area contributed by atoms with Crippen molar-refractivity contribution in [2.75, 3.05) is 0 Å². The molecule has 0 bridgehead atoms. The fourth-order valence-electron chi connectivity index (χ4n) is 3.30. The first-order valence-electron chi connectivity index (χ1n) is 11.0. The Balaban J connectivity index is 3.26. The summed E-state index contributed by atoms with van der Waals surface area (Å²) in [5, 5.41) is 0. The highest BCUT2D eigenvalue weighted by Crippen LogP contribution is 2.24. The van der Waals surface area contributed by atoms with Gasteiger partial charge in [0.2, 0.25) is 0 Å². The van der Waals surface area contributed by atoms with Gasteiger partial charge in [-0.2, -0.15) is 21.6 Å². The fourth-order valence-corrected chi connectivity index (χ4v) is 3.71. The van der Waals surface area contributed by atoms with Crippen molar-refractivity contribution in [3.05, 3.63) is 0 Å². The summed E-state index contributed by atoms with van der Waals surface area (Å²) in [4.78, 5) is 0. The highest BCUT2D eigenvalue weighted by atomic mass is 32.2. The van der Waals surface area contributed by atoms with Gasteiger partial charge in [0, 0.05) is 6.42 Å². The monoisotopic (exact) mass is 430 g/mol. The minimum Gasteiger partial charge on any atom is -0.285 e. The van der Waals surface area contributed by atoms with Gasteiger partial charge in [0.15, 0.2) is 0 Å². The van der Waals surface area contributed by atoms with Crippen LogP contribution in [0.4, 0.5) is 13.2 Å². The van der Waals surface area contributed by atoms with Crippen molar-refractivity contribution >= 4 is 10.1 Å². The number of unbranched alkanes of at least 4 members (excludes halogenated alkanes) is 14. The first-order chi connectivity index (χ1) is 13.0. The Morgan fingerprint density at radius 2 is 0.821 bits per heavy atom. The maximum Gasteiger partial charge on any atom is 0.389 e. The molecule has 0 spiro atoms. The summed E-state index contributed by atoms with van der Waals surface area (Å²) in [6.45, 7) is 3.13. The number of hydrogen-bond donors (Lipinski definition) is 1. The Labute approximate surface area is 170 Å². The Kier molecular flexibility index (Phi) is 14.5. The van der Waals surface area contributed by atoms with E-state index in [0.717, 1.165) is 38.5 Å². The Hall–Kier alpha value is -0.300. The van der Waals surface area contributed by atoms with E-state index in [0.29, 0.717) is 12.8 Å². The van der Waals surface area contributed by atoms with Crippen LogP contribution in [-0.4, -0.2) is 23.9 Å². The summed E-state index contributed by atoms with van der Waals surface area (Å²) in [5.41, 5.74) is 0. The molecule has 3 nitrogen and oxygen atoms in total. The van der Waals surface area contributed by atoms with Crippen LogP contribution >= 0.6 is 0 Å². The maximum atomic E-state index is 12.0. The lowest BCUT2D eigenvalue weighted by Gasteiger charge is -2.20. The van der Waals surface area contributed by atoms with Crippen molar-refractivity contribution in [3.63, 3.8) is 0 Å². The summed E-state index contributed by atoms with van der Waals surface area (Å²) in [6, 6.07) is 0. The van der Waals surface area contributed by atoms with Gasteiger partial charge in [-0.15, -0.1) is 0 Å². The van der Waals surface area contributed by atoms with Gasteiger partial charge in [-0.05, 0) is 26.7 Å². The van der Waals surface area contributed by atoms with Crippen LogP contribution in [0.15, 0.2) is 0 Å². The van der Waals surface area contributed by atoms with E-state index >= 15 is 0 Å². The molecule has 0 unspecified atom stereocenters. The molecule has 0 fully saturated rings. The normalized spacial score (nSPS) is 13.2. The zero-order chi connectivity index (χ0) is 21.5. The van der Waals surface area contributed by atoms with Crippen LogP contribution in [0.3, 0.4) is 0 Å². The van der Waals surface area contributed by atoms with E-state index in [-0.39, 0.29) is 6.42 Å². The van der Waals surface area contributed by atoms with Crippen LogP contribution in [0.2, 0.25) is 0 Å². The zero-order valence-corrected chi connectivity index (χ0v) is 18.6. The average molecular weight is 431 g/mol. The van der Waals surface area contributed by atoms with E-state index in [1.165, 1.54) is 44.9 Å². The van der Waals surface area contributed by atoms with Gasteiger partial charge in [-0.25, -0.2) is 0 Å². The molecule has 7 heteroatoms. The highest BCUT2D eigenvalue weighted by molar-refractivity contribution is 7.87. The Morgan fingerprint density at radius 1 is 0.571 bits per heavy atom. The van der Waals surface area contributed by atoms with Crippen molar-refractivity contribution in [2.45, 2.75) is 134 Å². The second-order valence-electron chi connectivity index (χ2n) is 8.65. The molecule has 0 aliphatic carbocycles. The first kappa shape index (κ1) is 27.7. The molecule has 28 heavy (non-hydrogen) atoms. The predicted octanol–water partition coefficient (Wildman–Crippen LogP) is 7.85. The van der Waals surface area contributed by atoms with E-state index in [9.17, 15) is 21.6 Å². The van der Waals surface area contributed by atoms with Crippen LogP contribution < -0.4 is 0 Å². The largest absolute Gasteiger partial charge is 0.389 e. The minimum atomic E-state index is -4.00. The van der Waals surface area contributed by atoms with Crippen molar-refractivity contribution in [1.82, 2.24) is 0 Å². The van der Waals surface area contributed by atoms with Crippen molar-refractivity contribution in [1.29, 1.82) is 0 Å². The lowest BCUT2D eigenvalue weighted by molar-refractivity contribution is -0.135. The molecule has 0 saturated carbocycles. The molecular weight excluding hydrogens is 389 g/mol. The Bertz CT molecular complexity index is 474. The van der Waals surface area contributed by atoms with E-state index in [1.54, 1.807) is 13.8 Å². The Morgan fingerprint density at radius 3 is 1.07 bits per heavy atom. The molecule has 0 aliphatic rings. The molecule has 0 atom stereocenters. The summed E-state index contributed by atoms with van der Waals surface area (Å²) in [5.74, 6) is 0. The number of hydrogen-bond acceptors (Lipinski definition) is 2. The number of rotatable bonds is 18. The van der Waals surface area contributed by atoms with E-state index in [1.807, 2.05) is 0 Å². The molecular formula is C21H41F3O3S. The quantitative estimate of drug-likeness (QED) is 0.178. The second-order valence-corrected chi connectivity index (χ2v) is 10.7. The van der Waals surface area contributed by atoms with Crippen LogP contribution in [0.1, 0.15) is 123 Å². The van der Waals surface area contributed by atoms with Gasteiger partial charge in [0.1, 0.15) is 0 Å². The van der Waals surface area contributed by atoms with Gasteiger partial charge >= 0.3 is 6.18 Å². The number of halogens is 3. The second kappa shape index (κ2) is 14.6. The lowest BCUT2D eigenvalue weighted by Crippen LogP contribution is -2.31. The third-order valence-corrected chi connectivity index (χ3v) is 7.04. The van der Waals surface area contributed by atoms with Crippen molar-refractivity contribution < 1.29 is 26.1 Å². The SMILES string of the molecule is CC(C)(CCCCCCCCCCCCCCCCCC(F)(F)F)S(=O)(=O)O. The molecule has 0 aromatic rings. The molecule has 0 aromatic carbocycles. The van der Waals surface area contributed by atoms with Gasteiger partial charge in [-0.3, -0.25) is 4.55 Å². The predicted molar refractivity (Wildman–Crippen MR) is 110 cm³/mol. The molecule has 0 aliphatic heterocycles. The average Bonchev–Trinajstić information content (AvgIpc) is 2.55. The third kappa shape index (κ3) is 16.6. The summed E-state index contributed by atoms with van der Waals surface area (Å²) < 4.78 is 66.4. The maximum absolute atomic E-state index is 12.0. The highest BCUT2D eigenvalue weighted by Gasteiger charge is 2.31. The van der Waals surface area contributed by atoms with Crippen LogP contribution in [0, 0.1) is 0 Å². The molecule has 170 valence electrons. The van der Waals surface area contributed by atoms with Crippen LogP contribution in [-0.2, 0) is 10.1 Å². The fraction of sp³-hybridized carbons (Fsp3) is 1.00. The third-order valence-electron chi connectivity index (χ3n) is 5.44. The van der Waals surface area contributed by atoms with E-state index in [4.69, 9.17) is 4.55 Å². The van der Waals surface area contributed by atoms with Crippen molar-refractivity contribution in [2.24, 2.45) is 0 Å². The molecule has 0 radical (unpaired) electrons. The zero-order valence-electron chi connectivity index (χ0n) is 17.8. The topological polar surface area (TPSA) is 54.4 Å². The molecule has 0 saturated heterocycles. The van der Waals surface area contributed by atoms with Gasteiger partial charge < -0.3 is 0 Å². The lowest BCUT2D eigenvalue weighted by atomic mass is 10.0. The van der Waals surface area contributed by atoms with Crippen molar-refractivity contribution in [3.8, 4) is 0 Å². The molecule has 0 aromatic heterocycles. The molecule has 0 rings (SSSR count). The number of alkyl halides is 3. The summed E-state index contributed by atoms with van der Waals surface area (Å²) >= 11 is 0. The van der Waals surface area contributed by atoms with E-state index in [2.05, 4.69) is 0 Å². The van der Waals surface area contributed by atoms with E-state index < -0.39 is 27.5 Å². The minimum absolute atomic E-state index is 0.266. The standard InChI is InChI=1S/C21H41F3O3S/c1-20(2,28(25,26)27)18-16-14-12-10-8-6-4-3-5-7-9-11-13-15-17-19-21(22,23)24/h3-19H2,1-2H3,(H,25,26,27). The van der Waals surface area contributed by atoms with Gasteiger partial charge in [0.05, 0.1) is 4.75 Å². The summed E-state index contributed by atoms with van der Waals surface area (Å²) in [6.07, 6.45) is 11.3. The summed E-state index contributed by atoms with van der Waals surface area (Å²) in [7, 11) is -3.97. The molecule has 1 N–H and O–H groups in total. The van der Waals surface area contributed by atoms with Crippen LogP contribution in [0.5, 0.6) is 0 Å². The first-order valence-corrected chi connectivity index (χ1v) is 12.4. The van der Waals surface area contributed by atoms with Gasteiger partial charge in [0.25, 0.3) is 10.1 Å². The van der Waals surface area contributed by atoms with Crippen LogP contribution in [0.25, 0.3) is 0 Å². The molecule has 0 amide bonds. The van der Waals surface area contributed by atoms with Gasteiger partial charge in [-0.1, -0.05) is 89.9 Å². The molecule has 0 heterocycles.